The second kappa shape index (κ2) is 10.8. The van der Waals surface area contributed by atoms with Gasteiger partial charge in [-0.15, -0.1) is 0 Å². The minimum absolute atomic E-state index is 0.472. The van der Waals surface area contributed by atoms with Crippen molar-refractivity contribution in [1.82, 2.24) is 0 Å². The van der Waals surface area contributed by atoms with Gasteiger partial charge >= 0.3 is 35.3 Å². The fraction of sp³-hybridized carbons (Fsp3) is 0.800. The van der Waals surface area contributed by atoms with E-state index in [-0.39, 0.29) is 0 Å². The fourth-order valence-electron chi connectivity index (χ4n) is 0.881. The van der Waals surface area contributed by atoms with Gasteiger partial charge in [0.2, 0.25) is 6.54 Å². The molecule has 2 aliphatic rings. The Bertz CT molecular complexity index is 203. The molecule has 15 heavy (non-hydrogen) atoms. The van der Waals surface area contributed by atoms with Crippen LogP contribution < -0.4 is 0 Å². The molecule has 0 saturated heterocycles. The van der Waals surface area contributed by atoms with Crippen LogP contribution in [0.2, 0.25) is 0 Å². The Labute approximate surface area is 108 Å². The van der Waals surface area contributed by atoms with E-state index in [9.17, 15) is 0 Å². The van der Waals surface area contributed by atoms with E-state index in [1.54, 1.807) is 0 Å². The second-order valence-electron chi connectivity index (χ2n) is 3.63. The van der Waals surface area contributed by atoms with Gasteiger partial charge in [0.25, 0.3) is 0 Å². The first kappa shape index (κ1) is 15.2. The van der Waals surface area contributed by atoms with Crippen LogP contribution in [0.5, 0.6) is 0 Å². The summed E-state index contributed by atoms with van der Waals surface area (Å²) in [7, 11) is 9.75. The number of hydrogen-bond donors (Lipinski definition) is 0. The minimum atomic E-state index is -0.472. The summed E-state index contributed by atoms with van der Waals surface area (Å²) < 4.78 is 0. The van der Waals surface area contributed by atoms with Crippen molar-refractivity contribution in [2.24, 2.45) is 11.8 Å². The van der Waals surface area contributed by atoms with E-state index in [1.165, 1.54) is 25.7 Å². The first-order valence-electron chi connectivity index (χ1n) is 4.81. The van der Waals surface area contributed by atoms with Gasteiger partial charge in [-0.05, 0) is 31.6 Å². The number of halogens is 2. The van der Waals surface area contributed by atoms with Crippen molar-refractivity contribution in [2.75, 3.05) is 6.54 Å². The molecule has 5 heteroatoms. The topological polar surface area (TPSA) is 28.1 Å². The Morgan fingerprint density at radius 2 is 1.73 bits per heavy atom. The molecule has 2 nitrogen and oxygen atoms in total. The van der Waals surface area contributed by atoms with Gasteiger partial charge in [-0.2, -0.15) is 5.26 Å². The summed E-state index contributed by atoms with van der Waals surface area (Å²) >= 11 is -0.472. The van der Waals surface area contributed by atoms with Crippen molar-refractivity contribution in [3.63, 3.8) is 0 Å². The molecule has 88 valence electrons. The van der Waals surface area contributed by atoms with Gasteiger partial charge in [0.1, 0.15) is 0 Å². The molecule has 0 unspecified atom stereocenters. The molecule has 0 N–H and O–H groups in total. The predicted molar refractivity (Wildman–Crippen MR) is 58.9 cm³/mol. The molecule has 2 saturated carbocycles. The van der Waals surface area contributed by atoms with Crippen LogP contribution in [0.4, 0.5) is 0 Å². The van der Waals surface area contributed by atoms with Gasteiger partial charge in [-0.1, -0.05) is 0 Å². The van der Waals surface area contributed by atoms with Crippen LogP contribution in [0.15, 0.2) is 0 Å². The molecule has 0 aliphatic heterocycles. The van der Waals surface area contributed by atoms with E-state index in [1.807, 2.05) is 0 Å². The van der Waals surface area contributed by atoms with Crippen LogP contribution in [-0.4, -0.2) is 6.54 Å². The van der Waals surface area contributed by atoms with Crippen LogP contribution in [-0.2, 0) is 16.5 Å². The quantitative estimate of drug-likeness (QED) is 0.612. The first-order valence-corrected chi connectivity index (χ1v) is 10.4. The van der Waals surface area contributed by atoms with Gasteiger partial charge in [0.15, 0.2) is 0 Å². The van der Waals surface area contributed by atoms with Crippen molar-refractivity contribution in [3.05, 3.63) is 11.4 Å². The van der Waals surface area contributed by atoms with Crippen molar-refractivity contribution >= 4 is 18.8 Å². The van der Waals surface area contributed by atoms with Crippen LogP contribution >= 0.6 is 18.8 Å². The summed E-state index contributed by atoms with van der Waals surface area (Å²) in [5.41, 5.74) is 0. The van der Waals surface area contributed by atoms with E-state index in [0.29, 0.717) is 0 Å². The monoisotopic (exact) mass is 427 g/mol. The Hall–Kier alpha value is 0.248. The second-order valence-corrected chi connectivity index (χ2v) is 6.92. The molecule has 0 heterocycles. The van der Waals surface area contributed by atoms with Gasteiger partial charge in [-0.25, -0.2) is 6.57 Å². The molecule has 0 radical (unpaired) electrons. The predicted octanol–water partition coefficient (Wildman–Crippen LogP) is 4.00. The molecule has 0 aromatic rings. The summed E-state index contributed by atoms with van der Waals surface area (Å²) in [4.78, 5) is 3.25. The molecular formula is C10H14Cl2N2Pt. The van der Waals surface area contributed by atoms with E-state index < -0.39 is 16.5 Å². The summed E-state index contributed by atoms with van der Waals surface area (Å²) in [6.45, 7) is 7.18. The number of hydrogen-bond acceptors (Lipinski definition) is 1. The fourth-order valence-corrected chi connectivity index (χ4v) is 0.881. The van der Waals surface area contributed by atoms with Crippen LogP contribution in [0.3, 0.4) is 0 Å². The standard InChI is InChI=1S/2C5H7N.2ClH.Pt/c1-6-4-5-2-3-5;6-4-3-5-1-2-5;;;/h5H,2-4H2;5H,1-3H2;2*1H;/q;;;;+2/p-2. The molecule has 0 aromatic carbocycles. The zero-order valence-corrected chi connectivity index (χ0v) is 12.1. The van der Waals surface area contributed by atoms with E-state index in [2.05, 4.69) is 10.9 Å². The van der Waals surface area contributed by atoms with E-state index >= 15 is 0 Å². The van der Waals surface area contributed by atoms with E-state index in [4.69, 9.17) is 30.7 Å². The number of nitrogens with zero attached hydrogens (tertiary/aromatic N) is 2. The van der Waals surface area contributed by atoms with Gasteiger partial charge < -0.3 is 4.85 Å². The van der Waals surface area contributed by atoms with Gasteiger partial charge in [0, 0.05) is 12.3 Å². The average molecular weight is 428 g/mol. The summed E-state index contributed by atoms with van der Waals surface area (Å²) in [6, 6.07) is 2.13. The molecule has 2 fully saturated rings. The van der Waals surface area contributed by atoms with Gasteiger partial charge in [-0.3, -0.25) is 0 Å². The number of rotatable bonds is 2. The normalized spacial score (nSPS) is 17.3. The molecule has 2 aliphatic carbocycles. The molecule has 0 spiro atoms. The number of nitriles is 1. The molecule has 0 bridgehead atoms. The summed E-state index contributed by atoms with van der Waals surface area (Å²) in [5, 5.41) is 8.03. The first-order chi connectivity index (χ1) is 7.28. The molecule has 0 aromatic heterocycles. The van der Waals surface area contributed by atoms with Crippen molar-refractivity contribution in [1.29, 1.82) is 5.26 Å². The third kappa shape index (κ3) is 14.2. The van der Waals surface area contributed by atoms with E-state index in [0.717, 1.165) is 24.8 Å². The van der Waals surface area contributed by atoms with Crippen LogP contribution in [0.1, 0.15) is 32.1 Å². The summed E-state index contributed by atoms with van der Waals surface area (Å²) in [6.07, 6.45) is 6.01. The molecular weight excluding hydrogens is 414 g/mol. The average Bonchev–Trinajstić information content (AvgIpc) is 3.01. The molecule has 0 atom stereocenters. The molecule has 0 amide bonds. The Morgan fingerprint density at radius 3 is 1.87 bits per heavy atom. The Balaban J connectivity index is 0.000000210. The summed E-state index contributed by atoms with van der Waals surface area (Å²) in [5.74, 6) is 1.58. The van der Waals surface area contributed by atoms with Crippen molar-refractivity contribution in [2.45, 2.75) is 32.1 Å². The third-order valence-electron chi connectivity index (χ3n) is 2.12. The maximum absolute atomic E-state index is 8.03. The van der Waals surface area contributed by atoms with Gasteiger partial charge in [0.05, 0.1) is 6.07 Å². The Kier molecular flexibility index (Phi) is 10.9. The maximum atomic E-state index is 8.03. The van der Waals surface area contributed by atoms with Crippen LogP contribution in [0.25, 0.3) is 4.85 Å². The SMILES string of the molecule is N#CCC1CC1.[C-]#[N+]CC1CC1.[Cl][Pt][Cl]. The third-order valence-corrected chi connectivity index (χ3v) is 2.12. The molecule has 2 rings (SSSR count). The van der Waals surface area contributed by atoms with Crippen LogP contribution in [0, 0.1) is 29.7 Å². The Morgan fingerprint density at radius 1 is 1.27 bits per heavy atom. The van der Waals surface area contributed by atoms with Crippen molar-refractivity contribution < 1.29 is 16.5 Å². The van der Waals surface area contributed by atoms with Crippen molar-refractivity contribution in [3.8, 4) is 6.07 Å². The zero-order chi connectivity index (χ0) is 11.5. The zero-order valence-electron chi connectivity index (χ0n) is 8.36.